The molecule has 1 heterocycles. The lowest BCUT2D eigenvalue weighted by Crippen LogP contribution is -2.05. The van der Waals surface area contributed by atoms with E-state index in [9.17, 15) is 4.79 Å². The topological polar surface area (TPSA) is 68.0 Å². The number of nitrogens with zero attached hydrogens (tertiary/aromatic N) is 3. The molecule has 1 N–H and O–H groups in total. The minimum Gasteiger partial charge on any atom is -0.481 e. The van der Waals surface area contributed by atoms with Crippen LogP contribution in [0.4, 0.5) is 0 Å². The third-order valence-electron chi connectivity index (χ3n) is 1.72. The van der Waals surface area contributed by atoms with Crippen LogP contribution in [0.1, 0.15) is 25.6 Å². The molecule has 0 radical (unpaired) electrons. The number of aliphatic carboxylic acids is 1. The number of hydrogen-bond donors (Lipinski definition) is 1. The van der Waals surface area contributed by atoms with Crippen LogP contribution in [-0.4, -0.2) is 25.8 Å². The molecule has 1 aromatic heterocycles. The molecule has 0 aliphatic carbocycles. The molecular weight excluding hydrogens is 170 g/mol. The first-order valence-corrected chi connectivity index (χ1v) is 4.32. The van der Waals surface area contributed by atoms with Gasteiger partial charge in [-0.25, -0.2) is 0 Å². The molecule has 0 bridgehead atoms. The SMILES string of the molecule is CCCn1cnnc1CCC(=O)O. The Morgan fingerprint density at radius 2 is 2.46 bits per heavy atom. The molecule has 1 aromatic rings. The summed E-state index contributed by atoms with van der Waals surface area (Å²) in [6, 6.07) is 0. The fraction of sp³-hybridized carbons (Fsp3) is 0.625. The second-order valence-corrected chi connectivity index (χ2v) is 2.83. The Balaban J connectivity index is 2.54. The maximum atomic E-state index is 10.3. The van der Waals surface area contributed by atoms with Crippen molar-refractivity contribution >= 4 is 5.97 Å². The molecule has 5 heteroatoms. The van der Waals surface area contributed by atoms with E-state index in [0.29, 0.717) is 6.42 Å². The zero-order valence-corrected chi connectivity index (χ0v) is 7.60. The summed E-state index contributed by atoms with van der Waals surface area (Å²) in [5.41, 5.74) is 0. The van der Waals surface area contributed by atoms with Gasteiger partial charge in [-0.05, 0) is 6.42 Å². The minimum absolute atomic E-state index is 0.113. The number of aromatic nitrogens is 3. The van der Waals surface area contributed by atoms with Crippen molar-refractivity contribution in [1.29, 1.82) is 0 Å². The minimum atomic E-state index is -0.800. The number of aryl methyl sites for hydroxylation is 2. The quantitative estimate of drug-likeness (QED) is 0.729. The van der Waals surface area contributed by atoms with Crippen molar-refractivity contribution in [2.24, 2.45) is 0 Å². The number of hydrogen-bond acceptors (Lipinski definition) is 3. The predicted molar refractivity (Wildman–Crippen MR) is 46.3 cm³/mol. The van der Waals surface area contributed by atoms with Gasteiger partial charge in [0.1, 0.15) is 12.2 Å². The summed E-state index contributed by atoms with van der Waals surface area (Å²) in [4.78, 5) is 10.3. The van der Waals surface area contributed by atoms with Crippen LogP contribution in [0.15, 0.2) is 6.33 Å². The molecule has 0 unspecified atom stereocenters. The van der Waals surface area contributed by atoms with Gasteiger partial charge in [-0.2, -0.15) is 0 Å². The van der Waals surface area contributed by atoms with Gasteiger partial charge in [-0.15, -0.1) is 10.2 Å². The van der Waals surface area contributed by atoms with Gasteiger partial charge < -0.3 is 9.67 Å². The maximum absolute atomic E-state index is 10.3. The van der Waals surface area contributed by atoms with E-state index in [-0.39, 0.29) is 6.42 Å². The van der Waals surface area contributed by atoms with E-state index in [1.54, 1.807) is 6.33 Å². The highest BCUT2D eigenvalue weighted by Gasteiger charge is 2.05. The Morgan fingerprint density at radius 3 is 3.08 bits per heavy atom. The molecule has 1 rings (SSSR count). The molecule has 0 spiro atoms. The van der Waals surface area contributed by atoms with Gasteiger partial charge in [0.25, 0.3) is 0 Å². The zero-order valence-electron chi connectivity index (χ0n) is 7.60. The third-order valence-corrected chi connectivity index (χ3v) is 1.72. The number of rotatable bonds is 5. The van der Waals surface area contributed by atoms with Crippen LogP contribution in [0.25, 0.3) is 0 Å². The van der Waals surface area contributed by atoms with E-state index in [1.807, 2.05) is 4.57 Å². The van der Waals surface area contributed by atoms with E-state index >= 15 is 0 Å². The standard InChI is InChI=1S/C8H13N3O2/c1-2-5-11-6-9-10-7(11)3-4-8(12)13/h6H,2-5H2,1H3,(H,12,13). The highest BCUT2D eigenvalue weighted by atomic mass is 16.4. The summed E-state index contributed by atoms with van der Waals surface area (Å²) in [5, 5.41) is 16.1. The van der Waals surface area contributed by atoms with Gasteiger partial charge in [0.05, 0.1) is 6.42 Å². The molecule has 0 aliphatic rings. The van der Waals surface area contributed by atoms with E-state index < -0.39 is 5.97 Å². The molecule has 0 amide bonds. The van der Waals surface area contributed by atoms with Crippen LogP contribution in [0.3, 0.4) is 0 Å². The van der Waals surface area contributed by atoms with Crippen LogP contribution in [0.2, 0.25) is 0 Å². The Hall–Kier alpha value is -1.39. The van der Waals surface area contributed by atoms with Gasteiger partial charge in [0, 0.05) is 13.0 Å². The van der Waals surface area contributed by atoms with Crippen molar-refractivity contribution in [3.63, 3.8) is 0 Å². The monoisotopic (exact) mass is 183 g/mol. The molecule has 5 nitrogen and oxygen atoms in total. The lowest BCUT2D eigenvalue weighted by molar-refractivity contribution is -0.137. The van der Waals surface area contributed by atoms with Crippen molar-refractivity contribution < 1.29 is 9.90 Å². The molecule has 13 heavy (non-hydrogen) atoms. The van der Waals surface area contributed by atoms with Gasteiger partial charge in [0.2, 0.25) is 0 Å². The van der Waals surface area contributed by atoms with Gasteiger partial charge in [-0.3, -0.25) is 4.79 Å². The van der Waals surface area contributed by atoms with Crippen molar-refractivity contribution in [2.75, 3.05) is 0 Å². The number of carboxylic acids is 1. The van der Waals surface area contributed by atoms with Crippen molar-refractivity contribution in [3.8, 4) is 0 Å². The first-order chi connectivity index (χ1) is 6.24. The highest BCUT2D eigenvalue weighted by Crippen LogP contribution is 2.00. The molecule has 0 aliphatic heterocycles. The van der Waals surface area contributed by atoms with Gasteiger partial charge >= 0.3 is 5.97 Å². The van der Waals surface area contributed by atoms with Gasteiger partial charge in [-0.1, -0.05) is 6.92 Å². The smallest absolute Gasteiger partial charge is 0.303 e. The van der Waals surface area contributed by atoms with Crippen molar-refractivity contribution in [3.05, 3.63) is 12.2 Å². The maximum Gasteiger partial charge on any atom is 0.303 e. The Bertz CT molecular complexity index is 283. The fourth-order valence-corrected chi connectivity index (χ4v) is 1.12. The summed E-state index contributed by atoms with van der Waals surface area (Å²) in [6.07, 6.45) is 3.20. The van der Waals surface area contributed by atoms with Crippen LogP contribution in [0, 0.1) is 0 Å². The molecule has 0 saturated heterocycles. The van der Waals surface area contributed by atoms with Crippen LogP contribution >= 0.6 is 0 Å². The molecule has 0 fully saturated rings. The molecule has 0 aromatic carbocycles. The summed E-state index contributed by atoms with van der Waals surface area (Å²) in [5.74, 6) is -0.0460. The van der Waals surface area contributed by atoms with Crippen molar-refractivity contribution in [2.45, 2.75) is 32.7 Å². The summed E-state index contributed by atoms with van der Waals surface area (Å²) < 4.78 is 1.89. The number of carboxylic acid groups (broad SMARTS) is 1. The summed E-state index contributed by atoms with van der Waals surface area (Å²) >= 11 is 0. The largest absolute Gasteiger partial charge is 0.481 e. The van der Waals surface area contributed by atoms with E-state index in [0.717, 1.165) is 18.8 Å². The summed E-state index contributed by atoms with van der Waals surface area (Å²) in [7, 11) is 0. The molecule has 0 atom stereocenters. The Morgan fingerprint density at radius 1 is 1.69 bits per heavy atom. The lowest BCUT2D eigenvalue weighted by atomic mass is 10.3. The van der Waals surface area contributed by atoms with Crippen LogP contribution in [0.5, 0.6) is 0 Å². The van der Waals surface area contributed by atoms with Gasteiger partial charge in [0.15, 0.2) is 0 Å². The molecule has 72 valence electrons. The molecule has 0 saturated carbocycles. The third kappa shape index (κ3) is 2.85. The van der Waals surface area contributed by atoms with E-state index in [2.05, 4.69) is 17.1 Å². The first-order valence-electron chi connectivity index (χ1n) is 4.32. The second-order valence-electron chi connectivity index (χ2n) is 2.83. The fourth-order valence-electron chi connectivity index (χ4n) is 1.12. The Kier molecular flexibility index (Phi) is 3.42. The average Bonchev–Trinajstić information content (AvgIpc) is 2.49. The second kappa shape index (κ2) is 4.59. The van der Waals surface area contributed by atoms with E-state index in [4.69, 9.17) is 5.11 Å². The number of carbonyl (C=O) groups is 1. The van der Waals surface area contributed by atoms with Crippen LogP contribution in [-0.2, 0) is 17.8 Å². The lowest BCUT2D eigenvalue weighted by Gasteiger charge is -2.02. The summed E-state index contributed by atoms with van der Waals surface area (Å²) in [6.45, 7) is 2.91. The molecular formula is C8H13N3O2. The predicted octanol–water partition coefficient (Wildman–Crippen LogP) is 0.705. The average molecular weight is 183 g/mol. The van der Waals surface area contributed by atoms with Crippen LogP contribution < -0.4 is 0 Å². The highest BCUT2D eigenvalue weighted by molar-refractivity contribution is 5.66. The first kappa shape index (κ1) is 9.70. The Labute approximate surface area is 76.4 Å². The zero-order chi connectivity index (χ0) is 9.68. The van der Waals surface area contributed by atoms with E-state index in [1.165, 1.54) is 0 Å². The van der Waals surface area contributed by atoms with Crippen molar-refractivity contribution in [1.82, 2.24) is 14.8 Å². The normalized spacial score (nSPS) is 10.2.